The molecule has 0 fully saturated rings. The van der Waals surface area contributed by atoms with Crippen molar-refractivity contribution in [1.29, 1.82) is 0 Å². The third kappa shape index (κ3) is 4.21. The molecular formula is C14H19NO3S. The Morgan fingerprint density at radius 3 is 2.11 bits per heavy atom. The Hall–Kier alpha value is -1.62. The standard InChI is InChI=1S/C14H19NO3S/c1-11-5-7-12(8-6-11)19(17,18)13(15-10-16)9-14(2,3)4/h5-10H,1-4H3,(H,15,16)/b13-9+. The molecule has 0 heterocycles. The van der Waals surface area contributed by atoms with E-state index in [9.17, 15) is 13.2 Å². The molecule has 0 aliphatic carbocycles. The molecule has 1 aromatic carbocycles. The molecule has 0 saturated carbocycles. The van der Waals surface area contributed by atoms with Crippen LogP contribution in [-0.2, 0) is 14.6 Å². The van der Waals surface area contributed by atoms with Gasteiger partial charge in [-0.05, 0) is 30.5 Å². The minimum absolute atomic E-state index is 0.0844. The lowest BCUT2D eigenvalue weighted by molar-refractivity contribution is -0.108. The molecule has 0 aromatic heterocycles. The van der Waals surface area contributed by atoms with Gasteiger partial charge in [-0.15, -0.1) is 0 Å². The van der Waals surface area contributed by atoms with Crippen LogP contribution >= 0.6 is 0 Å². The van der Waals surface area contributed by atoms with Crippen LogP contribution < -0.4 is 5.32 Å². The highest BCUT2D eigenvalue weighted by molar-refractivity contribution is 7.95. The molecule has 0 unspecified atom stereocenters. The van der Waals surface area contributed by atoms with Crippen molar-refractivity contribution in [1.82, 2.24) is 5.32 Å². The lowest BCUT2D eigenvalue weighted by atomic mass is 9.97. The topological polar surface area (TPSA) is 63.2 Å². The van der Waals surface area contributed by atoms with Gasteiger partial charge in [0.1, 0.15) is 5.03 Å². The number of carbonyl (C=O) groups is 1. The van der Waals surface area contributed by atoms with Gasteiger partial charge >= 0.3 is 0 Å². The molecule has 1 rings (SSSR count). The highest BCUT2D eigenvalue weighted by Crippen LogP contribution is 2.23. The molecule has 5 heteroatoms. The molecule has 0 spiro atoms. The number of carbonyl (C=O) groups excluding carboxylic acids is 1. The summed E-state index contributed by atoms with van der Waals surface area (Å²) in [7, 11) is -3.69. The van der Waals surface area contributed by atoms with Gasteiger partial charge in [0.2, 0.25) is 16.2 Å². The van der Waals surface area contributed by atoms with E-state index in [0.717, 1.165) is 5.56 Å². The number of benzene rings is 1. The van der Waals surface area contributed by atoms with Crippen LogP contribution in [0, 0.1) is 12.3 Å². The predicted octanol–water partition coefficient (Wildman–Crippen LogP) is 2.40. The number of aryl methyl sites for hydroxylation is 1. The van der Waals surface area contributed by atoms with Crippen LogP contribution in [0.1, 0.15) is 26.3 Å². The number of hydrogen-bond donors (Lipinski definition) is 1. The van der Waals surface area contributed by atoms with Crippen molar-refractivity contribution in [2.45, 2.75) is 32.6 Å². The van der Waals surface area contributed by atoms with Crippen molar-refractivity contribution in [2.75, 3.05) is 0 Å². The fourth-order valence-electron chi connectivity index (χ4n) is 1.49. The molecule has 0 saturated heterocycles. The van der Waals surface area contributed by atoms with Gasteiger partial charge in [0, 0.05) is 0 Å². The minimum atomic E-state index is -3.69. The zero-order valence-corrected chi connectivity index (χ0v) is 12.4. The van der Waals surface area contributed by atoms with E-state index in [-0.39, 0.29) is 15.3 Å². The van der Waals surface area contributed by atoms with Gasteiger partial charge in [0.05, 0.1) is 4.90 Å². The minimum Gasteiger partial charge on any atom is -0.319 e. The first-order valence-corrected chi connectivity index (χ1v) is 7.40. The number of sulfone groups is 1. The van der Waals surface area contributed by atoms with Crippen LogP contribution in [0.4, 0.5) is 0 Å². The first-order valence-electron chi connectivity index (χ1n) is 5.91. The molecule has 1 N–H and O–H groups in total. The zero-order chi connectivity index (χ0) is 14.7. The van der Waals surface area contributed by atoms with E-state index < -0.39 is 9.84 Å². The van der Waals surface area contributed by atoms with Crippen molar-refractivity contribution >= 4 is 16.2 Å². The molecule has 0 bridgehead atoms. The molecule has 0 aliphatic rings. The van der Waals surface area contributed by atoms with Crippen LogP contribution in [0.3, 0.4) is 0 Å². The van der Waals surface area contributed by atoms with Gasteiger partial charge in [0.15, 0.2) is 0 Å². The van der Waals surface area contributed by atoms with Gasteiger partial charge in [-0.25, -0.2) is 8.42 Å². The van der Waals surface area contributed by atoms with Gasteiger partial charge in [-0.3, -0.25) is 4.79 Å². The first-order chi connectivity index (χ1) is 8.66. The van der Waals surface area contributed by atoms with Gasteiger partial charge in [0.25, 0.3) is 0 Å². The summed E-state index contributed by atoms with van der Waals surface area (Å²) in [5.41, 5.74) is 0.618. The summed E-state index contributed by atoms with van der Waals surface area (Å²) in [5.74, 6) is 0. The lowest BCUT2D eigenvalue weighted by Gasteiger charge is -2.16. The number of amides is 1. The molecule has 0 atom stereocenters. The van der Waals surface area contributed by atoms with Crippen LogP contribution in [0.25, 0.3) is 0 Å². The van der Waals surface area contributed by atoms with Crippen molar-refractivity contribution in [3.05, 3.63) is 40.9 Å². The Morgan fingerprint density at radius 2 is 1.68 bits per heavy atom. The Morgan fingerprint density at radius 1 is 1.16 bits per heavy atom. The Balaban J connectivity index is 3.32. The van der Waals surface area contributed by atoms with E-state index in [1.165, 1.54) is 18.2 Å². The summed E-state index contributed by atoms with van der Waals surface area (Å²) in [6.45, 7) is 7.48. The van der Waals surface area contributed by atoms with Crippen LogP contribution in [0.2, 0.25) is 0 Å². The maximum Gasteiger partial charge on any atom is 0.221 e. The molecule has 1 amide bonds. The highest BCUT2D eigenvalue weighted by atomic mass is 32.2. The summed E-state index contributed by atoms with van der Waals surface area (Å²) in [5, 5.41) is 2.20. The summed E-state index contributed by atoms with van der Waals surface area (Å²) >= 11 is 0. The third-order valence-electron chi connectivity index (χ3n) is 2.39. The van der Waals surface area contributed by atoms with Crippen molar-refractivity contribution < 1.29 is 13.2 Å². The first kappa shape index (κ1) is 15.4. The average molecular weight is 281 g/mol. The quantitative estimate of drug-likeness (QED) is 0.862. The summed E-state index contributed by atoms with van der Waals surface area (Å²) < 4.78 is 24.8. The molecule has 0 aliphatic heterocycles. The Kier molecular flexibility index (Phi) is 4.52. The van der Waals surface area contributed by atoms with E-state index in [2.05, 4.69) is 5.32 Å². The van der Waals surface area contributed by atoms with Gasteiger partial charge in [-0.1, -0.05) is 38.5 Å². The smallest absolute Gasteiger partial charge is 0.221 e. The lowest BCUT2D eigenvalue weighted by Crippen LogP contribution is -2.22. The molecule has 104 valence electrons. The molecule has 19 heavy (non-hydrogen) atoms. The summed E-state index contributed by atoms with van der Waals surface area (Å²) in [4.78, 5) is 10.8. The third-order valence-corrected chi connectivity index (χ3v) is 4.09. The molecule has 0 radical (unpaired) electrons. The Labute approximate surface area is 114 Å². The summed E-state index contributed by atoms with van der Waals surface area (Å²) in [6, 6.07) is 6.52. The average Bonchev–Trinajstić information content (AvgIpc) is 2.27. The summed E-state index contributed by atoms with van der Waals surface area (Å²) in [6.07, 6.45) is 1.92. The van der Waals surface area contributed by atoms with Crippen LogP contribution in [0.5, 0.6) is 0 Å². The highest BCUT2D eigenvalue weighted by Gasteiger charge is 2.22. The second-order valence-electron chi connectivity index (χ2n) is 5.45. The number of rotatable bonds is 4. The van der Waals surface area contributed by atoms with Crippen molar-refractivity contribution in [2.24, 2.45) is 5.41 Å². The maximum absolute atomic E-state index is 12.4. The fourth-order valence-corrected chi connectivity index (χ4v) is 2.95. The van der Waals surface area contributed by atoms with Crippen molar-refractivity contribution in [3.8, 4) is 0 Å². The van der Waals surface area contributed by atoms with Gasteiger partial charge in [-0.2, -0.15) is 0 Å². The van der Waals surface area contributed by atoms with Crippen LogP contribution in [0.15, 0.2) is 40.3 Å². The SMILES string of the molecule is Cc1ccc(S(=O)(=O)/C(=C/C(C)(C)C)NC=O)cc1. The Bertz CT molecular complexity index is 578. The largest absolute Gasteiger partial charge is 0.319 e. The fraction of sp³-hybridized carbons (Fsp3) is 0.357. The maximum atomic E-state index is 12.4. The van der Waals surface area contributed by atoms with E-state index in [4.69, 9.17) is 0 Å². The van der Waals surface area contributed by atoms with E-state index in [0.29, 0.717) is 6.41 Å². The number of nitrogens with one attached hydrogen (secondary N) is 1. The predicted molar refractivity (Wildman–Crippen MR) is 75.1 cm³/mol. The van der Waals surface area contributed by atoms with E-state index in [1.807, 2.05) is 27.7 Å². The van der Waals surface area contributed by atoms with Gasteiger partial charge < -0.3 is 5.32 Å². The normalized spacial score (nSPS) is 13.2. The zero-order valence-electron chi connectivity index (χ0n) is 11.6. The molecule has 4 nitrogen and oxygen atoms in total. The second kappa shape index (κ2) is 5.57. The second-order valence-corrected chi connectivity index (χ2v) is 7.37. The number of allylic oxidation sites excluding steroid dienone is 1. The molecule has 1 aromatic rings. The van der Waals surface area contributed by atoms with Crippen LogP contribution in [-0.4, -0.2) is 14.8 Å². The molecular weight excluding hydrogens is 262 g/mol. The van der Waals surface area contributed by atoms with E-state index in [1.54, 1.807) is 12.1 Å². The van der Waals surface area contributed by atoms with E-state index >= 15 is 0 Å². The van der Waals surface area contributed by atoms with Crippen molar-refractivity contribution in [3.63, 3.8) is 0 Å². The number of hydrogen-bond acceptors (Lipinski definition) is 3. The monoisotopic (exact) mass is 281 g/mol.